The minimum atomic E-state index is -0.403. The van der Waals surface area contributed by atoms with Crippen LogP contribution in [0.25, 0.3) is 0 Å². The number of ether oxygens (including phenoxy) is 1. The van der Waals surface area contributed by atoms with Crippen LogP contribution in [-0.2, 0) is 4.74 Å². The Kier molecular flexibility index (Phi) is 2.63. The lowest BCUT2D eigenvalue weighted by Gasteiger charge is -2.31. The van der Waals surface area contributed by atoms with E-state index < -0.39 is 5.60 Å². The standard InChI is InChI=1S/C11H20N2O2/c1-11(2,3)15-10(14)13-8-4-7-6-12-9(7)5-8/h7-9,12H,4-6H2,1-3H3,(H,13,14). The van der Waals surface area contributed by atoms with E-state index in [4.69, 9.17) is 4.74 Å². The second-order valence-electron chi connectivity index (χ2n) is 5.59. The minimum absolute atomic E-state index is 0.284. The Labute approximate surface area is 90.8 Å². The SMILES string of the molecule is CC(C)(C)OC(=O)NC1CC2CNC2C1. The molecule has 15 heavy (non-hydrogen) atoms. The van der Waals surface area contributed by atoms with Crippen molar-refractivity contribution in [2.75, 3.05) is 6.54 Å². The second-order valence-corrected chi connectivity index (χ2v) is 5.59. The predicted octanol–water partition coefficient (Wildman–Crippen LogP) is 1.26. The van der Waals surface area contributed by atoms with Crippen LogP contribution in [0.1, 0.15) is 33.6 Å². The molecular weight excluding hydrogens is 192 g/mol. The zero-order valence-corrected chi connectivity index (χ0v) is 9.67. The summed E-state index contributed by atoms with van der Waals surface area (Å²) in [5.41, 5.74) is -0.403. The van der Waals surface area contributed by atoms with Crippen LogP contribution in [-0.4, -0.2) is 30.3 Å². The molecule has 4 nitrogen and oxygen atoms in total. The molecule has 2 rings (SSSR count). The van der Waals surface area contributed by atoms with Crippen LogP contribution in [0.3, 0.4) is 0 Å². The van der Waals surface area contributed by atoms with Crippen LogP contribution >= 0.6 is 0 Å². The zero-order chi connectivity index (χ0) is 11.1. The molecule has 0 aromatic heterocycles. The first-order valence-electron chi connectivity index (χ1n) is 5.67. The van der Waals surface area contributed by atoms with Crippen molar-refractivity contribution in [1.29, 1.82) is 0 Å². The molecule has 0 bridgehead atoms. The Morgan fingerprint density at radius 1 is 1.40 bits per heavy atom. The molecule has 2 aliphatic rings. The Balaban J connectivity index is 1.75. The van der Waals surface area contributed by atoms with Gasteiger partial charge in [-0.15, -0.1) is 0 Å². The number of rotatable bonds is 1. The van der Waals surface area contributed by atoms with Crippen molar-refractivity contribution < 1.29 is 9.53 Å². The van der Waals surface area contributed by atoms with Gasteiger partial charge in [0.2, 0.25) is 0 Å². The molecule has 1 heterocycles. The molecule has 1 aliphatic heterocycles. The first kappa shape index (κ1) is 10.7. The molecule has 0 radical (unpaired) electrons. The van der Waals surface area contributed by atoms with E-state index in [1.165, 1.54) is 0 Å². The largest absolute Gasteiger partial charge is 0.444 e. The third-order valence-electron chi connectivity index (χ3n) is 3.06. The number of carbonyl (C=O) groups excluding carboxylic acids is 1. The predicted molar refractivity (Wildman–Crippen MR) is 57.7 cm³/mol. The number of hydrogen-bond acceptors (Lipinski definition) is 3. The molecule has 0 aromatic carbocycles. The van der Waals surface area contributed by atoms with Gasteiger partial charge in [0, 0.05) is 12.1 Å². The van der Waals surface area contributed by atoms with Crippen molar-refractivity contribution in [2.24, 2.45) is 5.92 Å². The molecule has 0 aromatic rings. The lowest BCUT2D eigenvalue weighted by Crippen LogP contribution is -2.49. The van der Waals surface area contributed by atoms with Crippen LogP contribution in [0.5, 0.6) is 0 Å². The maximum Gasteiger partial charge on any atom is 0.407 e. The van der Waals surface area contributed by atoms with E-state index in [2.05, 4.69) is 10.6 Å². The third-order valence-corrected chi connectivity index (χ3v) is 3.06. The summed E-state index contributed by atoms with van der Waals surface area (Å²) in [6, 6.07) is 0.926. The third kappa shape index (κ3) is 2.62. The van der Waals surface area contributed by atoms with Gasteiger partial charge in [-0.25, -0.2) is 4.79 Å². The van der Waals surface area contributed by atoms with E-state index >= 15 is 0 Å². The van der Waals surface area contributed by atoms with Crippen molar-refractivity contribution in [1.82, 2.24) is 10.6 Å². The van der Waals surface area contributed by atoms with Crippen molar-refractivity contribution in [3.8, 4) is 0 Å². The maximum absolute atomic E-state index is 11.5. The summed E-state index contributed by atoms with van der Waals surface area (Å²) < 4.78 is 5.22. The molecular formula is C11H20N2O2. The molecule has 0 spiro atoms. The van der Waals surface area contributed by atoms with Gasteiger partial charge >= 0.3 is 6.09 Å². The van der Waals surface area contributed by atoms with Gasteiger partial charge in [-0.3, -0.25) is 0 Å². The van der Waals surface area contributed by atoms with Crippen LogP contribution in [0.4, 0.5) is 4.79 Å². The first-order valence-corrected chi connectivity index (χ1v) is 5.67. The molecule has 1 amide bonds. The average molecular weight is 212 g/mol. The zero-order valence-electron chi connectivity index (χ0n) is 9.67. The number of nitrogens with one attached hydrogen (secondary N) is 2. The smallest absolute Gasteiger partial charge is 0.407 e. The first-order chi connectivity index (χ1) is 6.94. The van der Waals surface area contributed by atoms with E-state index in [0.29, 0.717) is 12.1 Å². The lowest BCUT2D eigenvalue weighted by atomic mass is 9.96. The molecule has 86 valence electrons. The van der Waals surface area contributed by atoms with Gasteiger partial charge in [-0.2, -0.15) is 0 Å². The molecule has 1 aliphatic carbocycles. The Hall–Kier alpha value is -0.770. The van der Waals surface area contributed by atoms with Gasteiger partial charge in [-0.05, 0) is 46.1 Å². The van der Waals surface area contributed by atoms with Crippen LogP contribution in [0, 0.1) is 5.92 Å². The van der Waals surface area contributed by atoms with Gasteiger partial charge in [0.15, 0.2) is 0 Å². The number of alkyl carbamates (subject to hydrolysis) is 1. The van der Waals surface area contributed by atoms with Gasteiger partial charge in [0.05, 0.1) is 0 Å². The summed E-state index contributed by atoms with van der Waals surface area (Å²) >= 11 is 0. The molecule has 1 saturated carbocycles. The fourth-order valence-corrected chi connectivity index (χ4v) is 2.33. The van der Waals surface area contributed by atoms with E-state index in [-0.39, 0.29) is 6.09 Å². The van der Waals surface area contributed by atoms with E-state index in [1.54, 1.807) is 0 Å². The highest BCUT2D eigenvalue weighted by atomic mass is 16.6. The highest BCUT2D eigenvalue weighted by Gasteiger charge is 2.40. The van der Waals surface area contributed by atoms with Crippen LogP contribution < -0.4 is 10.6 Å². The summed E-state index contributed by atoms with van der Waals surface area (Å²) in [5, 5.41) is 6.30. The summed E-state index contributed by atoms with van der Waals surface area (Å²) in [7, 11) is 0. The lowest BCUT2D eigenvalue weighted by molar-refractivity contribution is 0.0505. The summed E-state index contributed by atoms with van der Waals surface area (Å²) in [4.78, 5) is 11.5. The van der Waals surface area contributed by atoms with E-state index in [0.717, 1.165) is 25.3 Å². The fraction of sp³-hybridized carbons (Fsp3) is 0.909. The fourth-order valence-electron chi connectivity index (χ4n) is 2.33. The van der Waals surface area contributed by atoms with Crippen LogP contribution in [0.15, 0.2) is 0 Å². The van der Waals surface area contributed by atoms with Gasteiger partial charge in [-0.1, -0.05) is 0 Å². The van der Waals surface area contributed by atoms with Gasteiger partial charge in [0.25, 0.3) is 0 Å². The average Bonchev–Trinajstić information content (AvgIpc) is 2.26. The molecule has 3 atom stereocenters. The Morgan fingerprint density at radius 2 is 2.13 bits per heavy atom. The molecule has 2 fully saturated rings. The molecule has 1 saturated heterocycles. The Morgan fingerprint density at radius 3 is 2.53 bits per heavy atom. The summed E-state index contributed by atoms with van der Waals surface area (Å²) in [5.74, 6) is 0.768. The second kappa shape index (κ2) is 3.67. The number of amides is 1. The summed E-state index contributed by atoms with van der Waals surface area (Å²) in [6.07, 6.45) is 1.86. The van der Waals surface area contributed by atoms with Gasteiger partial charge in [0.1, 0.15) is 5.60 Å². The van der Waals surface area contributed by atoms with Crippen molar-refractivity contribution in [2.45, 2.75) is 51.3 Å². The quantitative estimate of drug-likeness (QED) is 0.688. The Bertz CT molecular complexity index is 248. The van der Waals surface area contributed by atoms with Crippen molar-refractivity contribution in [3.05, 3.63) is 0 Å². The van der Waals surface area contributed by atoms with Crippen LogP contribution in [0.2, 0.25) is 0 Å². The molecule has 4 heteroatoms. The number of carbonyl (C=O) groups is 1. The number of hydrogen-bond donors (Lipinski definition) is 2. The monoisotopic (exact) mass is 212 g/mol. The molecule has 3 unspecified atom stereocenters. The summed E-state index contributed by atoms with van der Waals surface area (Å²) in [6.45, 7) is 6.75. The highest BCUT2D eigenvalue weighted by Crippen LogP contribution is 2.31. The van der Waals surface area contributed by atoms with E-state index in [1.807, 2.05) is 20.8 Å². The van der Waals surface area contributed by atoms with Gasteiger partial charge < -0.3 is 15.4 Å². The maximum atomic E-state index is 11.5. The normalized spacial score (nSPS) is 34.2. The van der Waals surface area contributed by atoms with Crippen molar-refractivity contribution >= 4 is 6.09 Å². The highest BCUT2D eigenvalue weighted by molar-refractivity contribution is 5.68. The topological polar surface area (TPSA) is 50.4 Å². The number of fused-ring (bicyclic) bond motifs is 1. The van der Waals surface area contributed by atoms with E-state index in [9.17, 15) is 4.79 Å². The van der Waals surface area contributed by atoms with Crippen molar-refractivity contribution in [3.63, 3.8) is 0 Å². The minimum Gasteiger partial charge on any atom is -0.444 e. The molecule has 2 N–H and O–H groups in total.